The third-order valence-corrected chi connectivity index (χ3v) is 4.69. The van der Waals surface area contributed by atoms with Crippen LogP contribution in [0.25, 0.3) is 33.2 Å². The number of nitrogens with zero attached hydrogens (tertiary/aromatic N) is 3. The Morgan fingerprint density at radius 2 is 1.93 bits per heavy atom. The zero-order valence-electron chi connectivity index (χ0n) is 14.2. The SMILES string of the molecule is Cc1n[nH]c2nc(-c3csc(N)n3)c3c(F)cc(OC(=O)C(F)(F)F)c(F)c3c12. The lowest BCUT2D eigenvalue weighted by atomic mass is 10.0. The van der Waals surface area contributed by atoms with E-state index in [2.05, 4.69) is 24.9 Å². The van der Waals surface area contributed by atoms with Crippen molar-refractivity contribution >= 4 is 44.2 Å². The fourth-order valence-corrected chi connectivity index (χ4v) is 3.40. The highest BCUT2D eigenvalue weighted by Gasteiger charge is 2.42. The minimum Gasteiger partial charge on any atom is -0.417 e. The largest absolute Gasteiger partial charge is 0.491 e. The third kappa shape index (κ3) is 3.03. The van der Waals surface area contributed by atoms with Crippen LogP contribution in [-0.2, 0) is 4.79 Å². The molecule has 0 amide bonds. The number of H-pyrrole nitrogens is 1. The molecule has 0 atom stereocenters. The molecule has 150 valence electrons. The molecular weight excluding hydrogens is 421 g/mol. The van der Waals surface area contributed by atoms with Crippen molar-refractivity contribution in [3.63, 3.8) is 0 Å². The van der Waals surface area contributed by atoms with Gasteiger partial charge in [0.15, 0.2) is 22.3 Å². The fourth-order valence-electron chi connectivity index (χ4n) is 2.85. The Labute approximate surface area is 161 Å². The number of thiazole rings is 1. The van der Waals surface area contributed by atoms with E-state index in [-0.39, 0.29) is 38.6 Å². The molecule has 0 fully saturated rings. The van der Waals surface area contributed by atoms with Gasteiger partial charge in [0.2, 0.25) is 0 Å². The molecule has 3 heterocycles. The van der Waals surface area contributed by atoms with Gasteiger partial charge in [-0.25, -0.2) is 23.5 Å². The van der Waals surface area contributed by atoms with Crippen LogP contribution in [0.2, 0.25) is 0 Å². The molecule has 4 rings (SSSR count). The molecule has 13 heteroatoms. The highest BCUT2D eigenvalue weighted by molar-refractivity contribution is 7.13. The summed E-state index contributed by atoms with van der Waals surface area (Å²) in [5, 5.41) is 7.23. The first-order chi connectivity index (χ1) is 13.6. The summed E-state index contributed by atoms with van der Waals surface area (Å²) in [4.78, 5) is 19.3. The van der Waals surface area contributed by atoms with Crippen LogP contribution in [0.5, 0.6) is 5.75 Å². The molecule has 0 unspecified atom stereocenters. The lowest BCUT2D eigenvalue weighted by Crippen LogP contribution is -2.28. The number of hydrogen-bond donors (Lipinski definition) is 2. The first-order valence-electron chi connectivity index (χ1n) is 7.74. The Bertz CT molecular complexity index is 1300. The Morgan fingerprint density at radius 1 is 1.21 bits per heavy atom. The van der Waals surface area contributed by atoms with Gasteiger partial charge in [-0.3, -0.25) is 5.10 Å². The predicted octanol–water partition coefficient (Wildman–Crippen LogP) is 3.87. The van der Waals surface area contributed by atoms with Gasteiger partial charge in [0.25, 0.3) is 0 Å². The van der Waals surface area contributed by atoms with Crippen LogP contribution >= 0.6 is 11.3 Å². The van der Waals surface area contributed by atoms with Crippen LogP contribution in [0.3, 0.4) is 0 Å². The van der Waals surface area contributed by atoms with Gasteiger partial charge in [0.1, 0.15) is 17.2 Å². The smallest absolute Gasteiger partial charge is 0.417 e. The number of fused-ring (bicyclic) bond motifs is 3. The number of ether oxygens (including phenoxy) is 1. The molecule has 1 aromatic carbocycles. The molecule has 0 aliphatic rings. The van der Waals surface area contributed by atoms with E-state index in [9.17, 15) is 22.4 Å². The van der Waals surface area contributed by atoms with Crippen molar-refractivity contribution in [2.24, 2.45) is 0 Å². The number of alkyl halides is 3. The number of halogens is 5. The number of carbonyl (C=O) groups excluding carboxylic acids is 1. The maximum atomic E-state index is 15.2. The lowest BCUT2D eigenvalue weighted by molar-refractivity contribution is -0.189. The molecule has 0 radical (unpaired) electrons. The van der Waals surface area contributed by atoms with Crippen LogP contribution in [0, 0.1) is 18.6 Å². The number of aromatic amines is 1. The van der Waals surface area contributed by atoms with Gasteiger partial charge < -0.3 is 10.5 Å². The average Bonchev–Trinajstić information content (AvgIpc) is 3.23. The summed E-state index contributed by atoms with van der Waals surface area (Å²) in [6.07, 6.45) is -5.39. The van der Waals surface area contributed by atoms with Gasteiger partial charge >= 0.3 is 12.1 Å². The molecular formula is C16H8F5N5O2S. The van der Waals surface area contributed by atoms with Crippen molar-refractivity contribution in [2.75, 3.05) is 5.73 Å². The maximum Gasteiger partial charge on any atom is 0.491 e. The number of nitrogen functional groups attached to an aromatic ring is 1. The number of carbonyl (C=O) groups is 1. The average molecular weight is 429 g/mol. The van der Waals surface area contributed by atoms with Crippen LogP contribution in [0.15, 0.2) is 11.4 Å². The van der Waals surface area contributed by atoms with Crippen molar-refractivity contribution in [1.82, 2.24) is 20.2 Å². The minimum absolute atomic E-state index is 0.0215. The number of aromatic nitrogens is 4. The summed E-state index contributed by atoms with van der Waals surface area (Å²) in [7, 11) is 0. The van der Waals surface area contributed by atoms with Gasteiger partial charge in [-0.15, -0.1) is 11.3 Å². The number of nitrogens with one attached hydrogen (secondary N) is 1. The first-order valence-corrected chi connectivity index (χ1v) is 8.62. The van der Waals surface area contributed by atoms with Gasteiger partial charge in [0, 0.05) is 22.2 Å². The molecule has 0 aliphatic carbocycles. The van der Waals surface area contributed by atoms with Crippen molar-refractivity contribution in [3.8, 4) is 17.1 Å². The highest BCUT2D eigenvalue weighted by atomic mass is 32.1. The molecule has 3 N–H and O–H groups in total. The van der Waals surface area contributed by atoms with Crippen molar-refractivity contribution in [2.45, 2.75) is 13.1 Å². The Kier molecular flexibility index (Phi) is 4.15. The Morgan fingerprint density at radius 3 is 2.55 bits per heavy atom. The van der Waals surface area contributed by atoms with Crippen LogP contribution in [-0.4, -0.2) is 32.3 Å². The topological polar surface area (TPSA) is 107 Å². The van der Waals surface area contributed by atoms with E-state index < -0.39 is 34.9 Å². The van der Waals surface area contributed by atoms with Gasteiger partial charge in [-0.2, -0.15) is 18.3 Å². The standard InChI is InChI=1S/C16H8F5N5O2S/c1-4-8-10-9(5(17)2-7(11(10)18)28-14(27)16(19,20)21)12(24-13(8)26-25-4)6-3-29-15(22)23-6/h2-3H,1H3,(H2,22,23)(H,24,25,26). The minimum atomic E-state index is -5.39. The quantitative estimate of drug-likeness (QED) is 0.285. The second-order valence-corrected chi connectivity index (χ2v) is 6.76. The van der Waals surface area contributed by atoms with E-state index in [0.717, 1.165) is 11.3 Å². The van der Waals surface area contributed by atoms with Crippen LogP contribution < -0.4 is 10.5 Å². The molecule has 29 heavy (non-hydrogen) atoms. The summed E-state index contributed by atoms with van der Waals surface area (Å²) < 4.78 is 71.6. The molecule has 0 aliphatic heterocycles. The second kappa shape index (κ2) is 6.34. The normalized spacial score (nSPS) is 12.1. The van der Waals surface area contributed by atoms with Crippen molar-refractivity contribution in [1.29, 1.82) is 0 Å². The second-order valence-electron chi connectivity index (χ2n) is 5.87. The summed E-state index contributed by atoms with van der Waals surface area (Å²) >= 11 is 1.03. The summed E-state index contributed by atoms with van der Waals surface area (Å²) in [5.74, 6) is -6.44. The number of aryl methyl sites for hydroxylation is 1. The lowest BCUT2D eigenvalue weighted by Gasteiger charge is -2.12. The number of rotatable bonds is 2. The zero-order valence-corrected chi connectivity index (χ0v) is 15.0. The summed E-state index contributed by atoms with van der Waals surface area (Å²) in [5.41, 5.74) is 5.86. The van der Waals surface area contributed by atoms with Gasteiger partial charge in [-0.05, 0) is 6.92 Å². The number of pyridine rings is 1. The maximum absolute atomic E-state index is 15.2. The number of anilines is 1. The molecule has 0 saturated carbocycles. The number of esters is 1. The monoisotopic (exact) mass is 429 g/mol. The summed E-state index contributed by atoms with van der Waals surface area (Å²) in [6.45, 7) is 1.46. The van der Waals surface area contributed by atoms with Crippen molar-refractivity contribution < 1.29 is 31.5 Å². The van der Waals surface area contributed by atoms with E-state index in [1.165, 1.54) is 12.3 Å². The van der Waals surface area contributed by atoms with E-state index in [0.29, 0.717) is 6.07 Å². The number of nitrogens with two attached hydrogens (primary N) is 1. The molecule has 3 aromatic heterocycles. The predicted molar refractivity (Wildman–Crippen MR) is 93.3 cm³/mol. The van der Waals surface area contributed by atoms with E-state index in [1.54, 1.807) is 0 Å². The number of benzene rings is 1. The fraction of sp³-hybridized carbons (Fsp3) is 0.125. The molecule has 0 spiro atoms. The number of hydrogen-bond acceptors (Lipinski definition) is 7. The molecule has 7 nitrogen and oxygen atoms in total. The highest BCUT2D eigenvalue weighted by Crippen LogP contribution is 2.40. The van der Waals surface area contributed by atoms with E-state index >= 15 is 4.39 Å². The van der Waals surface area contributed by atoms with Gasteiger partial charge in [-0.1, -0.05) is 0 Å². The summed E-state index contributed by atoms with van der Waals surface area (Å²) in [6, 6.07) is 0.351. The Hall–Kier alpha value is -3.35. The Balaban J connectivity index is 2.08. The third-order valence-electron chi connectivity index (χ3n) is 4.02. The van der Waals surface area contributed by atoms with Crippen LogP contribution in [0.4, 0.5) is 27.1 Å². The molecule has 0 bridgehead atoms. The van der Waals surface area contributed by atoms with E-state index in [1.807, 2.05) is 0 Å². The molecule has 4 aromatic rings. The van der Waals surface area contributed by atoms with E-state index in [4.69, 9.17) is 5.73 Å². The van der Waals surface area contributed by atoms with Crippen molar-refractivity contribution in [3.05, 3.63) is 28.8 Å². The first kappa shape index (κ1) is 19.0. The molecule has 0 saturated heterocycles. The van der Waals surface area contributed by atoms with Gasteiger partial charge in [0.05, 0.1) is 11.1 Å². The zero-order chi connectivity index (χ0) is 21.1. The van der Waals surface area contributed by atoms with Crippen LogP contribution in [0.1, 0.15) is 5.69 Å².